The predicted molar refractivity (Wildman–Crippen MR) is 198 cm³/mol. The summed E-state index contributed by atoms with van der Waals surface area (Å²) in [6, 6.07) is 48.4. The summed E-state index contributed by atoms with van der Waals surface area (Å²) < 4.78 is 6.10. The fourth-order valence-corrected chi connectivity index (χ4v) is 9.35. The summed E-state index contributed by atoms with van der Waals surface area (Å²) in [5, 5.41) is 11.3. The Balaban J connectivity index is 1.37. The summed E-state index contributed by atoms with van der Waals surface area (Å²) in [6.07, 6.45) is 0. The maximum atomic E-state index is 5.56. The quantitative estimate of drug-likeness (QED) is 0.194. The Morgan fingerprint density at radius 3 is 2.04 bits per heavy atom. The normalized spacial score (nSPS) is 12.7. The number of rotatable bonds is 2. The molecule has 4 nitrogen and oxygen atoms in total. The molecule has 0 saturated heterocycles. The van der Waals surface area contributed by atoms with Crippen LogP contribution in [0, 0.1) is 0 Å². The lowest BCUT2D eigenvalue weighted by atomic mass is 9.98. The Labute approximate surface area is 271 Å². The fraction of sp³-hybridized carbons (Fsp3) is 0. The maximum Gasteiger partial charge on any atom is 0.165 e. The van der Waals surface area contributed by atoms with E-state index in [1.165, 1.54) is 64.3 Å². The van der Waals surface area contributed by atoms with Gasteiger partial charge in [-0.15, -0.1) is 11.3 Å². The molecule has 0 atom stereocenters. The Morgan fingerprint density at radius 2 is 1.17 bits per heavy atom. The molecule has 47 heavy (non-hydrogen) atoms. The Hall–Kier alpha value is -6.04. The molecule has 0 aliphatic rings. The number of hydrogen-bond acceptors (Lipinski definition) is 3. The highest BCUT2D eigenvalue weighted by Gasteiger charge is 2.26. The standard InChI is InChI=1S/C42H22N4S/c1-2-9-25(10-3-1)38-41(43-39-28-13-5-7-16-33(28)47-42(39)44-38)46-31-21-18-23-11-8-15-30-34(23)36(31)37-32(46)22-19-24-17-20-27-26-12-4-6-14-29(26)45(30)40(27)35(24)37/h1-22H. The van der Waals surface area contributed by atoms with Crippen LogP contribution in [-0.2, 0) is 0 Å². The van der Waals surface area contributed by atoms with Gasteiger partial charge in [-0.1, -0.05) is 103 Å². The van der Waals surface area contributed by atoms with Crippen LogP contribution in [0.5, 0.6) is 0 Å². The van der Waals surface area contributed by atoms with Gasteiger partial charge >= 0.3 is 0 Å². The molecule has 12 rings (SSSR count). The molecule has 0 aliphatic heterocycles. The van der Waals surface area contributed by atoms with Crippen LogP contribution in [0.15, 0.2) is 133 Å². The highest BCUT2D eigenvalue weighted by atomic mass is 32.1. The number of aromatic nitrogens is 4. The number of fused-ring (bicyclic) bond motifs is 7. The molecule has 0 bridgehead atoms. The monoisotopic (exact) mass is 614 g/mol. The first-order valence-electron chi connectivity index (χ1n) is 15.9. The smallest absolute Gasteiger partial charge is 0.165 e. The first-order valence-corrected chi connectivity index (χ1v) is 16.8. The first kappa shape index (κ1) is 24.2. The lowest BCUT2D eigenvalue weighted by molar-refractivity contribution is 1.09. The van der Waals surface area contributed by atoms with E-state index >= 15 is 0 Å². The average Bonchev–Trinajstić information content (AvgIpc) is 3.75. The van der Waals surface area contributed by atoms with Crippen molar-refractivity contribution < 1.29 is 0 Å². The molecule has 12 aromatic rings. The van der Waals surface area contributed by atoms with E-state index in [1.54, 1.807) is 11.3 Å². The predicted octanol–water partition coefficient (Wildman–Crippen LogP) is 11.3. The van der Waals surface area contributed by atoms with E-state index in [-0.39, 0.29) is 0 Å². The molecule has 0 unspecified atom stereocenters. The van der Waals surface area contributed by atoms with Gasteiger partial charge in [-0.2, -0.15) is 0 Å². The van der Waals surface area contributed by atoms with Crippen molar-refractivity contribution in [3.05, 3.63) is 133 Å². The second-order valence-corrected chi connectivity index (χ2v) is 13.6. The van der Waals surface area contributed by atoms with Crippen LogP contribution in [0.1, 0.15) is 0 Å². The van der Waals surface area contributed by atoms with Crippen LogP contribution in [-0.4, -0.2) is 18.9 Å². The van der Waals surface area contributed by atoms with E-state index in [0.29, 0.717) is 0 Å². The second-order valence-electron chi connectivity index (χ2n) is 12.6. The minimum atomic E-state index is 0.858. The number of nitrogens with zero attached hydrogens (tertiary/aromatic N) is 4. The SMILES string of the molecule is c1ccc(-c2nc3sc4ccccc4c3nc2-n2c3ccc4cccc5c4c3c3c4c(ccc6c7ccccc7n5c64)ccc32)cc1. The number of thiophene rings is 1. The average molecular weight is 615 g/mol. The largest absolute Gasteiger partial charge is 0.308 e. The van der Waals surface area contributed by atoms with Gasteiger partial charge in [0.25, 0.3) is 0 Å². The van der Waals surface area contributed by atoms with Crippen molar-refractivity contribution >= 4 is 102 Å². The van der Waals surface area contributed by atoms with Crippen molar-refractivity contribution in [1.29, 1.82) is 0 Å². The van der Waals surface area contributed by atoms with Crippen molar-refractivity contribution in [1.82, 2.24) is 18.9 Å². The van der Waals surface area contributed by atoms with Gasteiger partial charge in [0, 0.05) is 48.0 Å². The topological polar surface area (TPSA) is 35.1 Å². The molecular weight excluding hydrogens is 593 g/mol. The molecule has 0 saturated carbocycles. The molecule has 5 heterocycles. The second kappa shape index (κ2) is 8.40. The summed E-state index contributed by atoms with van der Waals surface area (Å²) in [6.45, 7) is 0. The van der Waals surface area contributed by atoms with E-state index < -0.39 is 0 Å². The first-order chi connectivity index (χ1) is 23.3. The summed E-state index contributed by atoms with van der Waals surface area (Å²) in [7, 11) is 0. The van der Waals surface area contributed by atoms with Crippen LogP contribution < -0.4 is 0 Å². The summed E-state index contributed by atoms with van der Waals surface area (Å²) in [5.41, 5.74) is 8.91. The maximum absolute atomic E-state index is 5.56. The lowest BCUT2D eigenvalue weighted by Gasteiger charge is -2.14. The lowest BCUT2D eigenvalue weighted by Crippen LogP contribution is -2.03. The van der Waals surface area contributed by atoms with E-state index in [4.69, 9.17) is 9.97 Å². The van der Waals surface area contributed by atoms with Crippen molar-refractivity contribution in [3.63, 3.8) is 0 Å². The van der Waals surface area contributed by atoms with Crippen molar-refractivity contribution in [2.75, 3.05) is 0 Å². The van der Waals surface area contributed by atoms with Crippen LogP contribution in [0.3, 0.4) is 0 Å². The van der Waals surface area contributed by atoms with Gasteiger partial charge in [-0.05, 0) is 41.1 Å². The summed E-state index contributed by atoms with van der Waals surface area (Å²) in [4.78, 5) is 11.9. The number of benzene rings is 7. The minimum Gasteiger partial charge on any atom is -0.308 e. The van der Waals surface area contributed by atoms with E-state index in [1.807, 2.05) is 0 Å². The van der Waals surface area contributed by atoms with Gasteiger partial charge in [-0.3, -0.25) is 4.57 Å². The number of para-hydroxylation sites is 1. The Bertz CT molecular complexity index is 3240. The molecule has 0 N–H and O–H groups in total. The van der Waals surface area contributed by atoms with E-state index in [9.17, 15) is 0 Å². The van der Waals surface area contributed by atoms with Crippen molar-refractivity contribution in [2.24, 2.45) is 0 Å². The molecule has 0 spiro atoms. The molecule has 0 fully saturated rings. The van der Waals surface area contributed by atoms with Crippen LogP contribution in [0.25, 0.3) is 108 Å². The molecule has 5 aromatic heterocycles. The fourth-order valence-electron chi connectivity index (χ4n) is 8.34. The van der Waals surface area contributed by atoms with Gasteiger partial charge in [0.1, 0.15) is 16.0 Å². The molecule has 216 valence electrons. The minimum absolute atomic E-state index is 0.858. The zero-order valence-corrected chi connectivity index (χ0v) is 25.7. The van der Waals surface area contributed by atoms with Gasteiger partial charge < -0.3 is 4.40 Å². The van der Waals surface area contributed by atoms with Crippen LogP contribution in [0.4, 0.5) is 0 Å². The zero-order valence-electron chi connectivity index (χ0n) is 24.9. The zero-order chi connectivity index (χ0) is 30.4. The highest BCUT2D eigenvalue weighted by Crippen LogP contribution is 2.48. The number of hydrogen-bond donors (Lipinski definition) is 0. The summed E-state index contributed by atoms with van der Waals surface area (Å²) in [5.74, 6) is 0.858. The molecular formula is C42H22N4S. The molecule has 0 aliphatic carbocycles. The van der Waals surface area contributed by atoms with E-state index in [0.717, 1.165) is 43.8 Å². The molecule has 5 heteroatoms. The van der Waals surface area contributed by atoms with Gasteiger partial charge in [0.2, 0.25) is 0 Å². The molecule has 0 radical (unpaired) electrons. The third-order valence-electron chi connectivity index (χ3n) is 10.2. The van der Waals surface area contributed by atoms with Crippen molar-refractivity contribution in [2.45, 2.75) is 0 Å². The molecule has 0 amide bonds. The Morgan fingerprint density at radius 1 is 0.468 bits per heavy atom. The van der Waals surface area contributed by atoms with Gasteiger partial charge in [0.05, 0.1) is 27.6 Å². The Kier molecular flexibility index (Phi) is 4.33. The third kappa shape index (κ3) is 2.90. The van der Waals surface area contributed by atoms with Crippen LogP contribution >= 0.6 is 11.3 Å². The van der Waals surface area contributed by atoms with E-state index in [2.05, 4.69) is 142 Å². The molecule has 7 aromatic carbocycles. The van der Waals surface area contributed by atoms with Crippen molar-refractivity contribution in [3.8, 4) is 17.1 Å². The highest BCUT2D eigenvalue weighted by molar-refractivity contribution is 7.25. The van der Waals surface area contributed by atoms with Crippen LogP contribution in [0.2, 0.25) is 0 Å². The third-order valence-corrected chi connectivity index (χ3v) is 11.3. The summed E-state index contributed by atoms with van der Waals surface area (Å²) >= 11 is 1.71. The van der Waals surface area contributed by atoms with Gasteiger partial charge in [-0.25, -0.2) is 9.97 Å². The van der Waals surface area contributed by atoms with Gasteiger partial charge in [0.15, 0.2) is 5.82 Å².